The molecule has 0 amide bonds. The molecule has 2 aliphatic rings. The van der Waals surface area contributed by atoms with Crippen molar-refractivity contribution in [3.63, 3.8) is 0 Å². The van der Waals surface area contributed by atoms with Crippen LogP contribution < -0.4 is 5.56 Å². The Hall–Kier alpha value is -3.45. The third-order valence-corrected chi connectivity index (χ3v) is 5.91. The fourth-order valence-corrected chi connectivity index (χ4v) is 4.28. The zero-order valence-electron chi connectivity index (χ0n) is 15.7. The Balaban J connectivity index is 1.80. The van der Waals surface area contributed by atoms with Crippen LogP contribution in [0.25, 0.3) is 28.4 Å². The van der Waals surface area contributed by atoms with Crippen LogP contribution in [0.5, 0.6) is 5.75 Å². The van der Waals surface area contributed by atoms with E-state index < -0.39 is 11.6 Å². The lowest BCUT2D eigenvalue weighted by Crippen LogP contribution is -2.44. The Morgan fingerprint density at radius 1 is 1.34 bits per heavy atom. The Bertz CT molecular complexity index is 1310. The molecule has 0 fully saturated rings. The molecule has 0 radical (unpaired) electrons. The number of aliphatic hydroxyl groups is 1. The van der Waals surface area contributed by atoms with Crippen molar-refractivity contribution in [2.45, 2.75) is 32.1 Å². The third-order valence-electron chi connectivity index (χ3n) is 5.91. The molecule has 7 nitrogen and oxygen atoms in total. The lowest BCUT2D eigenvalue weighted by atomic mass is 9.86. The number of phenolic OH excluding ortho intramolecular Hbond substituents is 1. The predicted octanol–water partition coefficient (Wildman–Crippen LogP) is 2.43. The molecule has 0 aliphatic carbocycles. The maximum Gasteiger partial charge on any atom is 0.343 e. The second-order valence-electron chi connectivity index (χ2n) is 7.37. The summed E-state index contributed by atoms with van der Waals surface area (Å²) in [5.41, 5.74) is 1.67. The van der Waals surface area contributed by atoms with E-state index in [-0.39, 0.29) is 24.3 Å². The van der Waals surface area contributed by atoms with Gasteiger partial charge in [0.05, 0.1) is 29.0 Å². The molecule has 2 aliphatic heterocycles. The van der Waals surface area contributed by atoms with Gasteiger partial charge in [-0.15, -0.1) is 0 Å². The van der Waals surface area contributed by atoms with Gasteiger partial charge in [-0.2, -0.15) is 0 Å². The lowest BCUT2D eigenvalue weighted by molar-refractivity contribution is -0.172. The number of cyclic esters (lactones) is 1. The van der Waals surface area contributed by atoms with Crippen LogP contribution in [0.15, 0.2) is 35.6 Å². The number of ether oxygens (including phenoxy) is 1. The van der Waals surface area contributed by atoms with Gasteiger partial charge in [-0.25, -0.2) is 9.78 Å². The molecule has 1 aromatic carbocycles. The number of carbonyl (C=O) groups excluding carboxylic acids is 1. The van der Waals surface area contributed by atoms with Gasteiger partial charge in [-0.05, 0) is 30.7 Å². The highest BCUT2D eigenvalue weighted by Crippen LogP contribution is 2.39. The maximum atomic E-state index is 13.1. The second-order valence-corrected chi connectivity index (χ2v) is 7.37. The van der Waals surface area contributed by atoms with E-state index in [4.69, 9.17) is 9.72 Å². The smallest absolute Gasteiger partial charge is 0.343 e. The van der Waals surface area contributed by atoms with Crippen LogP contribution in [0.4, 0.5) is 0 Å². The van der Waals surface area contributed by atoms with Crippen LogP contribution in [-0.2, 0) is 28.3 Å². The monoisotopic (exact) mass is 390 g/mol. The standard InChI is InChI=1S/C22H18N2O5/c1-3-12-13-7-11-9-24-17(19(11)23-16(13)5-6-18(12)25)8-15-14(20(24)26)10-29-21(27)22(15,28)4-2/h3,5-8,25,28H,1,4,9-10H2,2H3/t22-/m0/s1. The number of aromatic nitrogens is 2. The zero-order chi connectivity index (χ0) is 20.5. The minimum Gasteiger partial charge on any atom is -0.507 e. The summed E-state index contributed by atoms with van der Waals surface area (Å²) in [7, 11) is 0. The summed E-state index contributed by atoms with van der Waals surface area (Å²) in [4.78, 5) is 30.1. The summed E-state index contributed by atoms with van der Waals surface area (Å²) in [5.74, 6) is -0.631. The van der Waals surface area contributed by atoms with Crippen molar-refractivity contribution in [3.8, 4) is 17.1 Å². The van der Waals surface area contributed by atoms with Gasteiger partial charge in [-0.1, -0.05) is 19.6 Å². The summed E-state index contributed by atoms with van der Waals surface area (Å²) in [6.45, 7) is 5.58. The normalized spacial score (nSPS) is 19.4. The maximum absolute atomic E-state index is 13.1. The van der Waals surface area contributed by atoms with Crippen LogP contribution in [0.1, 0.15) is 35.6 Å². The van der Waals surface area contributed by atoms with Crippen LogP contribution in [0.3, 0.4) is 0 Å². The van der Waals surface area contributed by atoms with Gasteiger partial charge < -0.3 is 19.5 Å². The first-order chi connectivity index (χ1) is 13.9. The zero-order valence-corrected chi connectivity index (χ0v) is 15.7. The van der Waals surface area contributed by atoms with E-state index in [0.29, 0.717) is 40.1 Å². The molecular weight excluding hydrogens is 372 g/mol. The van der Waals surface area contributed by atoms with Crippen LogP contribution in [0, 0.1) is 0 Å². The number of pyridine rings is 2. The first-order valence-electron chi connectivity index (χ1n) is 9.34. The van der Waals surface area contributed by atoms with Gasteiger partial charge in [0.1, 0.15) is 12.4 Å². The quantitative estimate of drug-likeness (QED) is 0.510. The Labute approximate surface area is 165 Å². The molecule has 2 aromatic heterocycles. The Kier molecular flexibility index (Phi) is 3.51. The number of phenols is 1. The summed E-state index contributed by atoms with van der Waals surface area (Å²) in [6, 6.07) is 6.84. The Morgan fingerprint density at radius 3 is 2.86 bits per heavy atom. The summed E-state index contributed by atoms with van der Waals surface area (Å²) in [5, 5.41) is 21.7. The summed E-state index contributed by atoms with van der Waals surface area (Å²) >= 11 is 0. The molecule has 146 valence electrons. The average molecular weight is 390 g/mol. The van der Waals surface area contributed by atoms with Gasteiger partial charge in [0.2, 0.25) is 0 Å². The molecule has 4 heterocycles. The molecule has 0 unspecified atom stereocenters. The van der Waals surface area contributed by atoms with Crippen molar-refractivity contribution in [2.75, 3.05) is 0 Å². The lowest BCUT2D eigenvalue weighted by Gasteiger charge is -2.31. The number of aromatic hydroxyl groups is 1. The molecule has 29 heavy (non-hydrogen) atoms. The predicted molar refractivity (Wildman–Crippen MR) is 106 cm³/mol. The van der Waals surface area contributed by atoms with Crippen molar-refractivity contribution < 1.29 is 19.7 Å². The van der Waals surface area contributed by atoms with Gasteiger partial charge in [0.15, 0.2) is 5.60 Å². The molecule has 7 heteroatoms. The first kappa shape index (κ1) is 17.6. The van der Waals surface area contributed by atoms with Crippen molar-refractivity contribution in [3.05, 3.63) is 63.5 Å². The number of nitrogens with zero attached hydrogens (tertiary/aromatic N) is 2. The highest BCUT2D eigenvalue weighted by Gasteiger charge is 2.45. The number of hydrogen-bond acceptors (Lipinski definition) is 6. The highest BCUT2D eigenvalue weighted by molar-refractivity contribution is 5.93. The number of benzene rings is 1. The molecule has 0 saturated carbocycles. The van der Waals surface area contributed by atoms with Gasteiger partial charge >= 0.3 is 5.97 Å². The van der Waals surface area contributed by atoms with Crippen molar-refractivity contribution in [2.24, 2.45) is 0 Å². The van der Waals surface area contributed by atoms with Gasteiger partial charge in [0.25, 0.3) is 5.56 Å². The molecular formula is C22H18N2O5. The minimum atomic E-state index is -1.84. The van der Waals surface area contributed by atoms with Crippen molar-refractivity contribution >= 4 is 22.9 Å². The number of fused-ring (bicyclic) bond motifs is 5. The second kappa shape index (κ2) is 5.78. The number of hydrogen-bond donors (Lipinski definition) is 2. The summed E-state index contributed by atoms with van der Waals surface area (Å²) in [6.07, 6.45) is 1.67. The molecule has 0 bridgehead atoms. The van der Waals surface area contributed by atoms with Gasteiger partial charge in [0, 0.05) is 22.1 Å². The van der Waals surface area contributed by atoms with E-state index >= 15 is 0 Å². The van der Waals surface area contributed by atoms with Gasteiger partial charge in [-0.3, -0.25) is 4.79 Å². The average Bonchev–Trinajstić information content (AvgIpc) is 3.08. The van der Waals surface area contributed by atoms with E-state index in [1.807, 2.05) is 6.07 Å². The van der Waals surface area contributed by atoms with E-state index in [2.05, 4.69) is 6.58 Å². The first-order valence-corrected chi connectivity index (χ1v) is 9.34. The molecule has 1 atom stereocenters. The number of rotatable bonds is 2. The molecule has 0 saturated heterocycles. The van der Waals surface area contributed by atoms with E-state index in [1.54, 1.807) is 35.8 Å². The number of esters is 1. The Morgan fingerprint density at radius 2 is 2.14 bits per heavy atom. The van der Waals surface area contributed by atoms with Crippen molar-refractivity contribution in [1.29, 1.82) is 0 Å². The van der Waals surface area contributed by atoms with Crippen molar-refractivity contribution in [1.82, 2.24) is 9.55 Å². The number of carbonyl (C=O) groups is 1. The minimum absolute atomic E-state index is 0.0989. The van der Waals surface area contributed by atoms with E-state index in [0.717, 1.165) is 10.9 Å². The molecule has 5 rings (SSSR count). The third kappa shape index (κ3) is 2.19. The summed E-state index contributed by atoms with van der Waals surface area (Å²) < 4.78 is 6.66. The highest BCUT2D eigenvalue weighted by atomic mass is 16.6. The largest absolute Gasteiger partial charge is 0.507 e. The molecule has 3 aromatic rings. The SMILES string of the molecule is C=Cc1c(O)ccc2nc3c(cc12)Cn1c-3cc2c(c1=O)COC(=O)[C@]2(O)CC. The fraction of sp³-hybridized carbons (Fsp3) is 0.227. The van der Waals surface area contributed by atoms with Crippen LogP contribution >= 0.6 is 0 Å². The fourth-order valence-electron chi connectivity index (χ4n) is 4.28. The molecule has 2 N–H and O–H groups in total. The molecule has 0 spiro atoms. The van der Waals surface area contributed by atoms with Crippen LogP contribution in [-0.4, -0.2) is 25.7 Å². The van der Waals surface area contributed by atoms with E-state index in [1.165, 1.54) is 0 Å². The van der Waals surface area contributed by atoms with Crippen LogP contribution in [0.2, 0.25) is 0 Å². The topological polar surface area (TPSA) is 102 Å². The van der Waals surface area contributed by atoms with E-state index in [9.17, 15) is 19.8 Å².